The summed E-state index contributed by atoms with van der Waals surface area (Å²) in [4.78, 5) is 23.6. The quantitative estimate of drug-likeness (QED) is 0.567. The van der Waals surface area contributed by atoms with E-state index in [4.69, 9.17) is 0 Å². The summed E-state index contributed by atoms with van der Waals surface area (Å²) in [6.45, 7) is 1.56. The van der Waals surface area contributed by atoms with E-state index in [9.17, 15) is 31.2 Å². The van der Waals surface area contributed by atoms with E-state index in [1.54, 1.807) is 12.1 Å². The molecule has 2 aromatic rings. The summed E-state index contributed by atoms with van der Waals surface area (Å²) in [5.74, 6) is -0.746. The molecule has 0 radical (unpaired) electrons. The number of benzene rings is 2. The number of hydrogen-bond acceptors (Lipinski definition) is 4. The number of halogens is 3. The van der Waals surface area contributed by atoms with E-state index in [0.29, 0.717) is 0 Å². The summed E-state index contributed by atoms with van der Waals surface area (Å²) in [6.07, 6.45) is -4.75. The maximum atomic E-state index is 12.4. The number of nitrogens with one attached hydrogen (secondary N) is 3. The van der Waals surface area contributed by atoms with Gasteiger partial charge in [-0.05, 0) is 36.8 Å². The van der Waals surface area contributed by atoms with Crippen molar-refractivity contribution in [3.8, 4) is 0 Å². The number of anilines is 1. The minimum absolute atomic E-state index is 0.0736. The Balaban J connectivity index is 2.05. The van der Waals surface area contributed by atoms with Gasteiger partial charge in [0.1, 0.15) is 6.54 Å². The molecule has 0 aliphatic carbocycles. The number of hydrogen-bond donors (Lipinski definition) is 3. The van der Waals surface area contributed by atoms with Gasteiger partial charge in [-0.1, -0.05) is 29.8 Å². The number of carbonyl (C=O) groups excluding carboxylic acids is 2. The molecule has 0 aliphatic rings. The Bertz CT molecular complexity index is 1020. The number of alkyl halides is 3. The molecule has 0 fully saturated rings. The summed E-state index contributed by atoms with van der Waals surface area (Å²) >= 11 is 0. The van der Waals surface area contributed by atoms with Crippen molar-refractivity contribution >= 4 is 27.5 Å². The third-order valence-corrected chi connectivity index (χ3v) is 5.57. The van der Waals surface area contributed by atoms with Crippen molar-refractivity contribution in [1.82, 2.24) is 10.0 Å². The first-order valence-corrected chi connectivity index (χ1v) is 10.6. The van der Waals surface area contributed by atoms with Crippen molar-refractivity contribution in [2.24, 2.45) is 0 Å². The molecular formula is C20H22F3N3O4S. The molecule has 3 N–H and O–H groups in total. The van der Waals surface area contributed by atoms with Crippen LogP contribution in [-0.4, -0.2) is 33.0 Å². The Morgan fingerprint density at radius 3 is 2.10 bits per heavy atom. The topological polar surface area (TPSA) is 104 Å². The molecule has 168 valence electrons. The Hall–Kier alpha value is -2.92. The van der Waals surface area contributed by atoms with Gasteiger partial charge in [0.05, 0.1) is 17.4 Å². The number of amides is 2. The van der Waals surface area contributed by atoms with Crippen molar-refractivity contribution < 1.29 is 31.2 Å². The minimum Gasteiger partial charge on any atom is -0.349 e. The number of sulfonamides is 1. The number of rotatable bonds is 8. The minimum atomic E-state index is -4.68. The second-order valence-corrected chi connectivity index (χ2v) is 8.65. The molecular weight excluding hydrogens is 435 g/mol. The first-order valence-electron chi connectivity index (χ1n) is 9.16. The lowest BCUT2D eigenvalue weighted by molar-refractivity contribution is -0.122. The highest BCUT2D eigenvalue weighted by atomic mass is 32.2. The highest BCUT2D eigenvalue weighted by molar-refractivity contribution is 7.89. The van der Waals surface area contributed by atoms with Gasteiger partial charge < -0.3 is 10.6 Å². The molecule has 0 saturated carbocycles. The Labute approximate surface area is 178 Å². The second kappa shape index (κ2) is 9.92. The van der Waals surface area contributed by atoms with Gasteiger partial charge in [-0.2, -0.15) is 13.2 Å². The fourth-order valence-corrected chi connectivity index (χ4v) is 3.69. The van der Waals surface area contributed by atoms with E-state index in [1.165, 1.54) is 23.8 Å². The van der Waals surface area contributed by atoms with Crippen LogP contribution < -0.4 is 15.4 Å². The van der Waals surface area contributed by atoms with Gasteiger partial charge in [-0.15, -0.1) is 0 Å². The van der Waals surface area contributed by atoms with Crippen molar-refractivity contribution in [3.63, 3.8) is 0 Å². The molecule has 0 bridgehead atoms. The summed E-state index contributed by atoms with van der Waals surface area (Å²) in [5.41, 5.74) is 2.02. The van der Waals surface area contributed by atoms with E-state index in [0.717, 1.165) is 23.3 Å². The number of aryl methyl sites for hydroxylation is 1. The van der Waals surface area contributed by atoms with Crippen molar-refractivity contribution in [2.75, 3.05) is 11.9 Å². The highest BCUT2D eigenvalue weighted by Crippen LogP contribution is 2.20. The first-order chi connectivity index (χ1) is 14.4. The van der Waals surface area contributed by atoms with Gasteiger partial charge in [-0.25, -0.2) is 13.1 Å². The summed E-state index contributed by atoms with van der Waals surface area (Å²) in [6, 6.07) is 11.4. The van der Waals surface area contributed by atoms with E-state index in [-0.39, 0.29) is 22.9 Å². The average Bonchev–Trinajstić information content (AvgIpc) is 2.66. The average molecular weight is 457 g/mol. The molecule has 0 aliphatic heterocycles. The molecule has 0 aromatic heterocycles. The Kier molecular flexibility index (Phi) is 7.80. The van der Waals surface area contributed by atoms with Crippen molar-refractivity contribution in [3.05, 3.63) is 59.7 Å². The molecule has 0 spiro atoms. The molecule has 2 aromatic carbocycles. The van der Waals surface area contributed by atoms with Crippen LogP contribution in [0.3, 0.4) is 0 Å². The van der Waals surface area contributed by atoms with Crippen molar-refractivity contribution in [2.45, 2.75) is 37.4 Å². The molecule has 0 heterocycles. The van der Waals surface area contributed by atoms with Crippen LogP contribution in [0.15, 0.2) is 53.4 Å². The first kappa shape index (κ1) is 24.4. The fraction of sp³-hybridized carbons (Fsp3) is 0.300. The molecule has 2 rings (SSSR count). The smallest absolute Gasteiger partial charge is 0.349 e. The van der Waals surface area contributed by atoms with E-state index in [1.807, 2.05) is 19.1 Å². The van der Waals surface area contributed by atoms with Gasteiger partial charge >= 0.3 is 6.18 Å². The molecule has 31 heavy (non-hydrogen) atoms. The van der Waals surface area contributed by atoms with Crippen LogP contribution in [0, 0.1) is 6.92 Å². The zero-order chi connectivity index (χ0) is 23.2. The Morgan fingerprint density at radius 1 is 1.00 bits per heavy atom. The van der Waals surface area contributed by atoms with Gasteiger partial charge in [0.25, 0.3) is 0 Å². The largest absolute Gasteiger partial charge is 0.402 e. The SMILES string of the molecule is CC(=O)NC(CC(=O)Nc1ccc(S(=O)(=O)NCC(F)(F)F)cc1)c1ccc(C)cc1. The van der Waals surface area contributed by atoms with E-state index < -0.39 is 34.7 Å². The van der Waals surface area contributed by atoms with E-state index in [2.05, 4.69) is 10.6 Å². The molecule has 7 nitrogen and oxygen atoms in total. The van der Waals surface area contributed by atoms with Crippen LogP contribution in [0.25, 0.3) is 0 Å². The van der Waals surface area contributed by atoms with Gasteiger partial charge in [0.15, 0.2) is 0 Å². The lowest BCUT2D eigenvalue weighted by Crippen LogP contribution is -2.33. The summed E-state index contributed by atoms with van der Waals surface area (Å²) in [7, 11) is -4.34. The third-order valence-electron chi connectivity index (χ3n) is 4.16. The Morgan fingerprint density at radius 2 is 1.58 bits per heavy atom. The lowest BCUT2D eigenvalue weighted by atomic mass is 10.0. The molecule has 11 heteroatoms. The zero-order valence-electron chi connectivity index (χ0n) is 16.8. The predicted octanol–water partition coefficient (Wildman–Crippen LogP) is 3.04. The third kappa shape index (κ3) is 8.02. The van der Waals surface area contributed by atoms with Crippen LogP contribution in [0.2, 0.25) is 0 Å². The molecule has 0 saturated heterocycles. The predicted molar refractivity (Wildman–Crippen MR) is 109 cm³/mol. The van der Waals surface area contributed by atoms with Crippen LogP contribution in [-0.2, 0) is 19.6 Å². The maximum absolute atomic E-state index is 12.4. The summed E-state index contributed by atoms with van der Waals surface area (Å²) < 4.78 is 62.0. The normalized spacial score (nSPS) is 12.8. The standard InChI is InChI=1S/C20H22F3N3O4S/c1-13-3-5-15(6-4-13)18(25-14(2)27)11-19(28)26-16-7-9-17(10-8-16)31(29,30)24-12-20(21,22)23/h3-10,18,24H,11-12H2,1-2H3,(H,25,27)(H,26,28). The van der Waals surface area contributed by atoms with Crippen LogP contribution in [0.5, 0.6) is 0 Å². The van der Waals surface area contributed by atoms with Crippen LogP contribution in [0.1, 0.15) is 30.5 Å². The highest BCUT2D eigenvalue weighted by Gasteiger charge is 2.30. The molecule has 1 atom stereocenters. The lowest BCUT2D eigenvalue weighted by Gasteiger charge is -2.18. The van der Waals surface area contributed by atoms with Gasteiger partial charge in [-0.3, -0.25) is 9.59 Å². The number of carbonyl (C=O) groups is 2. The van der Waals surface area contributed by atoms with Gasteiger partial charge in [0, 0.05) is 12.6 Å². The summed E-state index contributed by atoms with van der Waals surface area (Å²) in [5, 5.41) is 5.28. The molecule has 1 unspecified atom stereocenters. The molecule has 2 amide bonds. The van der Waals surface area contributed by atoms with Crippen LogP contribution >= 0.6 is 0 Å². The maximum Gasteiger partial charge on any atom is 0.402 e. The van der Waals surface area contributed by atoms with Crippen LogP contribution in [0.4, 0.5) is 18.9 Å². The second-order valence-electron chi connectivity index (χ2n) is 6.88. The van der Waals surface area contributed by atoms with Crippen molar-refractivity contribution in [1.29, 1.82) is 0 Å². The zero-order valence-corrected chi connectivity index (χ0v) is 17.6. The fourth-order valence-electron chi connectivity index (χ4n) is 2.67. The van der Waals surface area contributed by atoms with Gasteiger partial charge in [0.2, 0.25) is 21.8 Å². The monoisotopic (exact) mass is 457 g/mol. The van der Waals surface area contributed by atoms with E-state index >= 15 is 0 Å².